The summed E-state index contributed by atoms with van der Waals surface area (Å²) < 4.78 is 8.76. The molecule has 0 spiro atoms. The van der Waals surface area contributed by atoms with Crippen LogP contribution in [0.2, 0.25) is 25.7 Å². The molecule has 10 nitrogen and oxygen atoms in total. The molecule has 4 rings (SSSR count). The molecule has 0 amide bonds. The Morgan fingerprint density at radius 3 is 2.51 bits per heavy atom. The summed E-state index contributed by atoms with van der Waals surface area (Å²) >= 11 is 0. The zero-order valence-electron chi connectivity index (χ0n) is 20.2. The molecule has 0 saturated heterocycles. The van der Waals surface area contributed by atoms with Crippen LogP contribution in [-0.2, 0) is 22.8 Å². The molecule has 182 valence electrons. The maximum Gasteiger partial charge on any atom is 0.325 e. The van der Waals surface area contributed by atoms with Gasteiger partial charge in [0.25, 0.3) is 0 Å². The normalized spacial score (nSPS) is 11.8. The van der Waals surface area contributed by atoms with Gasteiger partial charge in [-0.2, -0.15) is 5.10 Å². The third-order valence-corrected chi connectivity index (χ3v) is 7.21. The first-order valence-electron chi connectivity index (χ1n) is 11.3. The molecule has 11 heteroatoms. The van der Waals surface area contributed by atoms with Gasteiger partial charge in [-0.15, -0.1) is 0 Å². The van der Waals surface area contributed by atoms with Gasteiger partial charge in [-0.3, -0.25) is 14.3 Å². The Bertz CT molecular complexity index is 1370. The molecule has 0 saturated carbocycles. The fourth-order valence-corrected chi connectivity index (χ4v) is 4.34. The van der Waals surface area contributed by atoms with Crippen molar-refractivity contribution in [2.45, 2.75) is 45.9 Å². The summed E-state index contributed by atoms with van der Waals surface area (Å²) in [6.07, 6.45) is 6.64. The van der Waals surface area contributed by atoms with Crippen molar-refractivity contribution < 1.29 is 19.4 Å². The van der Waals surface area contributed by atoms with E-state index in [1.165, 1.54) is 4.68 Å². The maximum atomic E-state index is 13.5. The van der Waals surface area contributed by atoms with Gasteiger partial charge in [-0.05, 0) is 30.7 Å². The summed E-state index contributed by atoms with van der Waals surface area (Å²) in [4.78, 5) is 37.7. The number of fused-ring (bicyclic) bond motifs is 1. The van der Waals surface area contributed by atoms with E-state index in [0.29, 0.717) is 23.3 Å². The van der Waals surface area contributed by atoms with E-state index in [0.717, 1.165) is 17.2 Å². The minimum absolute atomic E-state index is 0.130. The van der Waals surface area contributed by atoms with Crippen LogP contribution in [0, 0.1) is 6.92 Å². The van der Waals surface area contributed by atoms with Gasteiger partial charge in [0, 0.05) is 50.4 Å². The first kappa shape index (κ1) is 24.4. The Kier molecular flexibility index (Phi) is 6.90. The SMILES string of the molecule is Cc1ncc(-c2ccc3c(c2)c(C(=O)c2nccn2COCC[Si](C)(C)C)nn3CC(=O)O)cn1. The van der Waals surface area contributed by atoms with Gasteiger partial charge in [0.1, 0.15) is 24.8 Å². The summed E-state index contributed by atoms with van der Waals surface area (Å²) in [7, 11) is -1.23. The zero-order chi connectivity index (χ0) is 25.2. The van der Waals surface area contributed by atoms with E-state index < -0.39 is 19.8 Å². The number of aromatic nitrogens is 6. The minimum atomic E-state index is -1.23. The van der Waals surface area contributed by atoms with Gasteiger partial charge in [0.2, 0.25) is 5.78 Å². The molecule has 0 atom stereocenters. The van der Waals surface area contributed by atoms with Gasteiger partial charge in [0.15, 0.2) is 5.82 Å². The quantitative estimate of drug-likeness (QED) is 0.202. The van der Waals surface area contributed by atoms with Crippen molar-refractivity contribution in [3.05, 3.63) is 60.3 Å². The number of nitrogens with zero attached hydrogens (tertiary/aromatic N) is 6. The number of aliphatic carboxylic acids is 1. The largest absolute Gasteiger partial charge is 0.480 e. The molecule has 0 bridgehead atoms. The van der Waals surface area contributed by atoms with Gasteiger partial charge >= 0.3 is 5.97 Å². The van der Waals surface area contributed by atoms with Crippen LogP contribution in [0.5, 0.6) is 0 Å². The van der Waals surface area contributed by atoms with Gasteiger partial charge in [-0.1, -0.05) is 25.7 Å². The number of ketones is 1. The van der Waals surface area contributed by atoms with Crippen molar-refractivity contribution in [2.24, 2.45) is 0 Å². The van der Waals surface area contributed by atoms with Crippen molar-refractivity contribution in [3.63, 3.8) is 0 Å². The summed E-state index contributed by atoms with van der Waals surface area (Å²) in [6, 6.07) is 6.40. The zero-order valence-corrected chi connectivity index (χ0v) is 21.2. The molecule has 35 heavy (non-hydrogen) atoms. The van der Waals surface area contributed by atoms with Gasteiger partial charge in [-0.25, -0.2) is 15.0 Å². The second-order valence-corrected chi connectivity index (χ2v) is 15.2. The molecule has 0 aliphatic rings. The van der Waals surface area contributed by atoms with Crippen LogP contribution >= 0.6 is 0 Å². The number of hydrogen-bond donors (Lipinski definition) is 1. The van der Waals surface area contributed by atoms with E-state index in [1.54, 1.807) is 48.4 Å². The lowest BCUT2D eigenvalue weighted by Crippen LogP contribution is -2.22. The van der Waals surface area contributed by atoms with Crippen LogP contribution in [0.25, 0.3) is 22.0 Å². The first-order chi connectivity index (χ1) is 16.6. The first-order valence-corrected chi connectivity index (χ1v) is 15.0. The number of carbonyl (C=O) groups is 2. The maximum absolute atomic E-state index is 13.5. The predicted molar refractivity (Wildman–Crippen MR) is 133 cm³/mol. The fourth-order valence-electron chi connectivity index (χ4n) is 3.59. The van der Waals surface area contributed by atoms with E-state index in [9.17, 15) is 14.7 Å². The van der Waals surface area contributed by atoms with E-state index in [-0.39, 0.29) is 24.8 Å². The Morgan fingerprint density at radius 2 is 1.83 bits per heavy atom. The van der Waals surface area contributed by atoms with Crippen LogP contribution in [0.1, 0.15) is 22.1 Å². The second-order valence-electron chi connectivity index (χ2n) is 9.55. The number of carboxylic acid groups (broad SMARTS) is 1. The number of benzene rings is 1. The summed E-state index contributed by atoms with van der Waals surface area (Å²) in [5.74, 6) is -0.625. The molecule has 3 aromatic heterocycles. The third kappa shape index (κ3) is 5.69. The van der Waals surface area contributed by atoms with Crippen molar-refractivity contribution in [1.82, 2.24) is 29.3 Å². The lowest BCUT2D eigenvalue weighted by atomic mass is 10.0. The number of imidazole rings is 1. The lowest BCUT2D eigenvalue weighted by molar-refractivity contribution is -0.137. The smallest absolute Gasteiger partial charge is 0.325 e. The summed E-state index contributed by atoms with van der Waals surface area (Å²) in [5, 5.41) is 14.2. The number of aryl methyl sites for hydroxylation is 1. The van der Waals surface area contributed by atoms with Crippen LogP contribution in [-0.4, -0.2) is 60.8 Å². The third-order valence-electron chi connectivity index (χ3n) is 5.51. The highest BCUT2D eigenvalue weighted by molar-refractivity contribution is 6.76. The topological polar surface area (TPSA) is 125 Å². The van der Waals surface area contributed by atoms with Crippen molar-refractivity contribution >= 4 is 30.7 Å². The highest BCUT2D eigenvalue weighted by atomic mass is 28.3. The number of hydrogen-bond acceptors (Lipinski definition) is 7. The molecule has 1 aromatic carbocycles. The van der Waals surface area contributed by atoms with Crippen LogP contribution in [0.15, 0.2) is 43.0 Å². The average Bonchev–Trinajstić information content (AvgIpc) is 3.40. The predicted octanol–water partition coefficient (Wildman–Crippen LogP) is 3.63. The number of rotatable bonds is 10. The van der Waals surface area contributed by atoms with E-state index in [2.05, 4.69) is 39.7 Å². The standard InChI is InChI=1S/C24H28N6O4Si/c1-16-26-12-18(13-27-16)17-5-6-20-19(11-17)22(28-30(20)14-21(31)32)23(33)24-25-7-8-29(24)15-34-9-10-35(2,3)4/h5-8,11-13H,9-10,14-15H2,1-4H3,(H,31,32). The van der Waals surface area contributed by atoms with E-state index in [4.69, 9.17) is 4.74 Å². The van der Waals surface area contributed by atoms with Crippen molar-refractivity contribution in [1.29, 1.82) is 0 Å². The summed E-state index contributed by atoms with van der Waals surface area (Å²) in [6.45, 7) is 9.07. The number of carbonyl (C=O) groups excluding carboxylic acids is 1. The Hall–Kier alpha value is -3.70. The molecular weight excluding hydrogens is 464 g/mol. The molecular formula is C24H28N6O4Si. The highest BCUT2D eigenvalue weighted by Crippen LogP contribution is 2.27. The molecule has 1 N–H and O–H groups in total. The van der Waals surface area contributed by atoms with Crippen LogP contribution in [0.3, 0.4) is 0 Å². The number of carboxylic acids is 1. The summed E-state index contributed by atoms with van der Waals surface area (Å²) in [5.41, 5.74) is 2.24. The second kappa shape index (κ2) is 9.88. The fraction of sp³-hybridized carbons (Fsp3) is 0.333. The molecule has 4 aromatic rings. The molecule has 3 heterocycles. The van der Waals surface area contributed by atoms with Gasteiger partial charge in [0.05, 0.1) is 5.52 Å². The van der Waals surface area contributed by atoms with E-state index in [1.807, 2.05) is 6.07 Å². The number of ether oxygens (including phenoxy) is 1. The average molecular weight is 493 g/mol. The Labute approximate surface area is 203 Å². The van der Waals surface area contributed by atoms with Crippen molar-refractivity contribution in [3.8, 4) is 11.1 Å². The van der Waals surface area contributed by atoms with Crippen LogP contribution < -0.4 is 0 Å². The van der Waals surface area contributed by atoms with Crippen molar-refractivity contribution in [2.75, 3.05) is 6.61 Å². The molecule has 0 unspecified atom stereocenters. The monoisotopic (exact) mass is 492 g/mol. The lowest BCUT2D eigenvalue weighted by Gasteiger charge is -2.15. The van der Waals surface area contributed by atoms with Gasteiger partial charge < -0.3 is 14.4 Å². The van der Waals surface area contributed by atoms with Crippen LogP contribution in [0.4, 0.5) is 0 Å². The Balaban J connectivity index is 1.69. The highest BCUT2D eigenvalue weighted by Gasteiger charge is 2.24. The Morgan fingerprint density at radius 1 is 1.09 bits per heavy atom. The molecule has 0 aliphatic carbocycles. The molecule has 0 radical (unpaired) electrons. The molecule has 0 fully saturated rings. The minimum Gasteiger partial charge on any atom is -0.480 e. The van der Waals surface area contributed by atoms with E-state index >= 15 is 0 Å². The molecule has 0 aliphatic heterocycles.